The molecule has 0 aromatic carbocycles. The average molecular weight is 231 g/mol. The summed E-state index contributed by atoms with van der Waals surface area (Å²) in [6, 6.07) is 4.03. The predicted octanol–water partition coefficient (Wildman–Crippen LogP) is 3.34. The highest BCUT2D eigenvalue weighted by Crippen LogP contribution is 2.26. The van der Waals surface area contributed by atoms with Crippen LogP contribution in [-0.2, 0) is 0 Å². The van der Waals surface area contributed by atoms with Crippen LogP contribution in [0.3, 0.4) is 0 Å². The average Bonchev–Trinajstić information content (AvgIpc) is 2.83. The lowest BCUT2D eigenvalue weighted by Crippen LogP contribution is -2.01. The molecule has 0 atom stereocenters. The highest BCUT2D eigenvalue weighted by atomic mass is 16.5. The van der Waals surface area contributed by atoms with Gasteiger partial charge in [-0.3, -0.25) is 4.98 Å². The van der Waals surface area contributed by atoms with Crippen molar-refractivity contribution in [1.29, 1.82) is 0 Å². The Morgan fingerprint density at radius 1 is 1.24 bits per heavy atom. The molecule has 4 heteroatoms. The van der Waals surface area contributed by atoms with Crippen molar-refractivity contribution >= 4 is 0 Å². The van der Waals surface area contributed by atoms with E-state index in [1.807, 2.05) is 13.0 Å². The fourth-order valence-electron chi connectivity index (χ4n) is 2.03. The van der Waals surface area contributed by atoms with Crippen molar-refractivity contribution in [2.24, 2.45) is 0 Å². The number of aromatic nitrogens is 3. The predicted molar refractivity (Wildman–Crippen MR) is 65.6 cm³/mol. The van der Waals surface area contributed by atoms with Crippen LogP contribution in [0, 0.1) is 6.92 Å². The second-order valence-electron chi connectivity index (χ2n) is 4.18. The van der Waals surface area contributed by atoms with Gasteiger partial charge in [0, 0.05) is 22.9 Å². The van der Waals surface area contributed by atoms with Gasteiger partial charge in [-0.25, -0.2) is 0 Å². The van der Waals surface area contributed by atoms with Crippen molar-refractivity contribution in [3.63, 3.8) is 0 Å². The number of hydrogen-bond donors (Lipinski definition) is 0. The van der Waals surface area contributed by atoms with E-state index in [0.29, 0.717) is 11.8 Å². The molecule has 2 aromatic rings. The van der Waals surface area contributed by atoms with Crippen LogP contribution in [0.4, 0.5) is 0 Å². The Morgan fingerprint density at radius 3 is 2.59 bits per heavy atom. The molecule has 0 spiro atoms. The third-order valence-electron chi connectivity index (χ3n) is 2.99. The van der Waals surface area contributed by atoms with E-state index in [-0.39, 0.29) is 0 Å². The van der Waals surface area contributed by atoms with Gasteiger partial charge in [-0.05, 0) is 31.9 Å². The fourth-order valence-corrected chi connectivity index (χ4v) is 2.03. The minimum absolute atomic E-state index is 0.497. The molecular formula is C13H17N3O. The van der Waals surface area contributed by atoms with Gasteiger partial charge in [0.25, 0.3) is 5.89 Å². The summed E-state index contributed by atoms with van der Waals surface area (Å²) in [6.45, 7) is 6.36. The Labute approximate surface area is 101 Å². The SMILES string of the molecule is CCC(CC)c1cc(-c2ncno2)cc(C)n1. The Morgan fingerprint density at radius 2 is 2.00 bits per heavy atom. The standard InChI is InChI=1S/C13H17N3O/c1-4-10(5-2)12-7-11(6-9(3)16-12)13-14-8-15-17-13/h6-8,10H,4-5H2,1-3H3. The van der Waals surface area contributed by atoms with Crippen LogP contribution < -0.4 is 0 Å². The van der Waals surface area contributed by atoms with Gasteiger partial charge in [0.1, 0.15) is 0 Å². The minimum Gasteiger partial charge on any atom is -0.334 e. The number of aryl methyl sites for hydroxylation is 1. The molecule has 0 radical (unpaired) electrons. The van der Waals surface area contributed by atoms with E-state index in [4.69, 9.17) is 4.52 Å². The molecule has 0 saturated heterocycles. The number of hydrogen-bond acceptors (Lipinski definition) is 4. The molecule has 2 aromatic heterocycles. The van der Waals surface area contributed by atoms with Gasteiger partial charge in [-0.15, -0.1) is 0 Å². The van der Waals surface area contributed by atoms with Crippen LogP contribution in [0.2, 0.25) is 0 Å². The van der Waals surface area contributed by atoms with Gasteiger partial charge >= 0.3 is 0 Å². The van der Waals surface area contributed by atoms with Crippen LogP contribution in [0.25, 0.3) is 11.5 Å². The molecule has 0 amide bonds. The quantitative estimate of drug-likeness (QED) is 0.809. The summed E-state index contributed by atoms with van der Waals surface area (Å²) in [6.07, 6.45) is 3.61. The highest BCUT2D eigenvalue weighted by Gasteiger charge is 2.12. The lowest BCUT2D eigenvalue weighted by Gasteiger charge is -2.13. The van der Waals surface area contributed by atoms with Crippen molar-refractivity contribution in [2.75, 3.05) is 0 Å². The largest absolute Gasteiger partial charge is 0.334 e. The molecule has 0 saturated carbocycles. The summed E-state index contributed by atoms with van der Waals surface area (Å²) in [5.74, 6) is 1.05. The second kappa shape index (κ2) is 5.08. The first kappa shape index (κ1) is 11.8. The summed E-state index contributed by atoms with van der Waals surface area (Å²) < 4.78 is 5.09. The number of nitrogens with zero attached hydrogens (tertiary/aromatic N) is 3. The summed E-state index contributed by atoms with van der Waals surface area (Å²) in [5.41, 5.74) is 3.06. The van der Waals surface area contributed by atoms with E-state index < -0.39 is 0 Å². The lowest BCUT2D eigenvalue weighted by molar-refractivity contribution is 0.430. The van der Waals surface area contributed by atoms with Crippen molar-refractivity contribution < 1.29 is 4.52 Å². The third-order valence-corrected chi connectivity index (χ3v) is 2.99. The molecular weight excluding hydrogens is 214 g/mol. The molecule has 0 bridgehead atoms. The van der Waals surface area contributed by atoms with Crippen LogP contribution in [0.5, 0.6) is 0 Å². The van der Waals surface area contributed by atoms with Crippen molar-refractivity contribution in [2.45, 2.75) is 39.5 Å². The molecule has 2 rings (SSSR count). The van der Waals surface area contributed by atoms with Gasteiger partial charge < -0.3 is 4.52 Å². The number of rotatable bonds is 4. The smallest absolute Gasteiger partial charge is 0.257 e. The van der Waals surface area contributed by atoms with E-state index in [0.717, 1.165) is 29.8 Å². The first-order valence-corrected chi connectivity index (χ1v) is 6.00. The lowest BCUT2D eigenvalue weighted by atomic mass is 9.97. The second-order valence-corrected chi connectivity index (χ2v) is 4.18. The minimum atomic E-state index is 0.497. The maximum absolute atomic E-state index is 5.09. The van der Waals surface area contributed by atoms with E-state index in [1.54, 1.807) is 0 Å². The summed E-state index contributed by atoms with van der Waals surface area (Å²) >= 11 is 0. The Bertz CT molecular complexity index is 475. The molecule has 90 valence electrons. The van der Waals surface area contributed by atoms with E-state index in [1.165, 1.54) is 6.33 Å². The Hall–Kier alpha value is -1.71. The van der Waals surface area contributed by atoms with Crippen molar-refractivity contribution in [3.8, 4) is 11.5 Å². The summed E-state index contributed by atoms with van der Waals surface area (Å²) in [5, 5.41) is 3.64. The molecule has 0 aliphatic heterocycles. The Balaban J connectivity index is 2.42. The van der Waals surface area contributed by atoms with Gasteiger partial charge in [0.15, 0.2) is 6.33 Å². The molecule has 0 unspecified atom stereocenters. The molecule has 17 heavy (non-hydrogen) atoms. The van der Waals surface area contributed by atoms with Crippen molar-refractivity contribution in [3.05, 3.63) is 29.8 Å². The monoisotopic (exact) mass is 231 g/mol. The third kappa shape index (κ3) is 2.52. The van der Waals surface area contributed by atoms with E-state index in [2.05, 4.69) is 35.0 Å². The summed E-state index contributed by atoms with van der Waals surface area (Å²) in [4.78, 5) is 8.67. The van der Waals surface area contributed by atoms with E-state index in [9.17, 15) is 0 Å². The zero-order valence-corrected chi connectivity index (χ0v) is 10.5. The molecule has 0 aliphatic carbocycles. The van der Waals surface area contributed by atoms with Crippen LogP contribution >= 0.6 is 0 Å². The van der Waals surface area contributed by atoms with Crippen LogP contribution in [0.15, 0.2) is 23.0 Å². The van der Waals surface area contributed by atoms with Gasteiger partial charge in [0.05, 0.1) is 0 Å². The summed E-state index contributed by atoms with van der Waals surface area (Å²) in [7, 11) is 0. The fraction of sp³-hybridized carbons (Fsp3) is 0.462. The maximum Gasteiger partial charge on any atom is 0.257 e. The Kier molecular flexibility index (Phi) is 3.52. The van der Waals surface area contributed by atoms with Crippen LogP contribution in [-0.4, -0.2) is 15.1 Å². The normalized spacial score (nSPS) is 11.1. The first-order valence-electron chi connectivity index (χ1n) is 6.00. The molecule has 0 aliphatic rings. The molecule has 4 nitrogen and oxygen atoms in total. The maximum atomic E-state index is 5.09. The number of pyridine rings is 1. The first-order chi connectivity index (χ1) is 8.24. The van der Waals surface area contributed by atoms with Gasteiger partial charge in [-0.1, -0.05) is 19.0 Å². The van der Waals surface area contributed by atoms with E-state index >= 15 is 0 Å². The van der Waals surface area contributed by atoms with Crippen LogP contribution in [0.1, 0.15) is 44.0 Å². The van der Waals surface area contributed by atoms with Gasteiger partial charge in [0.2, 0.25) is 0 Å². The molecule has 0 N–H and O–H groups in total. The highest BCUT2D eigenvalue weighted by molar-refractivity contribution is 5.53. The molecule has 0 fully saturated rings. The van der Waals surface area contributed by atoms with Crippen molar-refractivity contribution in [1.82, 2.24) is 15.1 Å². The molecule has 2 heterocycles. The van der Waals surface area contributed by atoms with Gasteiger partial charge in [-0.2, -0.15) is 4.98 Å². The zero-order valence-electron chi connectivity index (χ0n) is 10.5. The topological polar surface area (TPSA) is 51.8 Å². The zero-order chi connectivity index (χ0) is 12.3.